The summed E-state index contributed by atoms with van der Waals surface area (Å²) in [5.74, 6) is 0.468. The van der Waals surface area contributed by atoms with E-state index in [4.69, 9.17) is 0 Å². The van der Waals surface area contributed by atoms with Crippen molar-refractivity contribution in [3.05, 3.63) is 59.9 Å². The Labute approximate surface area is 152 Å². The van der Waals surface area contributed by atoms with Gasteiger partial charge in [-0.3, -0.25) is 14.6 Å². The van der Waals surface area contributed by atoms with Gasteiger partial charge in [-0.05, 0) is 31.2 Å². The number of carbonyl (C=O) groups is 2. The van der Waals surface area contributed by atoms with Crippen LogP contribution in [0.5, 0.6) is 0 Å². The van der Waals surface area contributed by atoms with Gasteiger partial charge in [-0.25, -0.2) is 0 Å². The van der Waals surface area contributed by atoms with Crippen LogP contribution in [0.3, 0.4) is 0 Å². The number of aromatic nitrogens is 1. The zero-order valence-corrected chi connectivity index (χ0v) is 15.4. The van der Waals surface area contributed by atoms with Crippen LogP contribution in [-0.2, 0) is 16.0 Å². The summed E-state index contributed by atoms with van der Waals surface area (Å²) < 4.78 is 0. The summed E-state index contributed by atoms with van der Waals surface area (Å²) in [6.07, 6.45) is 2.47. The van der Waals surface area contributed by atoms with E-state index in [0.29, 0.717) is 12.3 Å². The smallest absolute Gasteiger partial charge is 0.234 e. The van der Waals surface area contributed by atoms with Crippen LogP contribution in [0.15, 0.2) is 48.7 Å². The summed E-state index contributed by atoms with van der Waals surface area (Å²) in [5, 5.41) is 2.83. The highest BCUT2D eigenvalue weighted by atomic mass is 32.2. The topological polar surface area (TPSA) is 62.3 Å². The van der Waals surface area contributed by atoms with Gasteiger partial charge in [0.05, 0.1) is 11.5 Å². The number of hydrogen-bond donors (Lipinski definition) is 1. The first kappa shape index (κ1) is 19.0. The number of amides is 2. The van der Waals surface area contributed by atoms with Crippen LogP contribution in [0.2, 0.25) is 0 Å². The molecule has 2 aromatic rings. The summed E-state index contributed by atoms with van der Waals surface area (Å²) in [6.45, 7) is 2.61. The van der Waals surface area contributed by atoms with Crippen LogP contribution in [0.1, 0.15) is 11.3 Å². The molecule has 0 unspecified atom stereocenters. The molecule has 0 radical (unpaired) electrons. The fraction of sp³-hybridized carbons (Fsp3) is 0.316. The number of anilines is 1. The lowest BCUT2D eigenvalue weighted by Crippen LogP contribution is -2.31. The third-order valence-corrected chi connectivity index (χ3v) is 4.57. The average molecular weight is 357 g/mol. The van der Waals surface area contributed by atoms with E-state index >= 15 is 0 Å². The molecule has 1 N–H and O–H groups in total. The molecule has 2 amide bonds. The third-order valence-electron chi connectivity index (χ3n) is 3.65. The number of aryl methyl sites for hydroxylation is 1. The van der Waals surface area contributed by atoms with E-state index in [2.05, 4.69) is 10.3 Å². The van der Waals surface area contributed by atoms with Gasteiger partial charge >= 0.3 is 0 Å². The van der Waals surface area contributed by atoms with Crippen LogP contribution in [0.25, 0.3) is 0 Å². The molecule has 0 saturated carbocycles. The lowest BCUT2D eigenvalue weighted by atomic mass is 10.2. The highest BCUT2D eigenvalue weighted by molar-refractivity contribution is 8.00. The molecule has 0 saturated heterocycles. The van der Waals surface area contributed by atoms with Crippen molar-refractivity contribution in [3.63, 3.8) is 0 Å². The number of nitrogens with one attached hydrogen (secondary N) is 1. The molecule has 5 nitrogen and oxygen atoms in total. The predicted molar refractivity (Wildman–Crippen MR) is 103 cm³/mol. The highest BCUT2D eigenvalue weighted by Crippen LogP contribution is 2.10. The molecule has 1 aromatic heterocycles. The fourth-order valence-corrected chi connectivity index (χ4v) is 2.88. The molecule has 132 valence electrons. The second kappa shape index (κ2) is 9.84. The largest absolute Gasteiger partial charge is 0.345 e. The minimum atomic E-state index is -0.0993. The molecule has 0 aliphatic heterocycles. The second-order valence-electron chi connectivity index (χ2n) is 5.79. The molecular formula is C19H23N3O2S. The van der Waals surface area contributed by atoms with Gasteiger partial charge in [0.25, 0.3) is 0 Å². The Morgan fingerprint density at radius 2 is 1.88 bits per heavy atom. The number of nitrogens with zero attached hydrogens (tertiary/aromatic N) is 2. The van der Waals surface area contributed by atoms with Crippen molar-refractivity contribution in [2.24, 2.45) is 0 Å². The zero-order valence-electron chi connectivity index (χ0n) is 14.6. The molecule has 6 heteroatoms. The van der Waals surface area contributed by atoms with E-state index < -0.39 is 0 Å². The van der Waals surface area contributed by atoms with Crippen molar-refractivity contribution in [2.45, 2.75) is 13.3 Å². The summed E-state index contributed by atoms with van der Waals surface area (Å²) in [5.41, 5.74) is 2.88. The minimum absolute atomic E-state index is 0.0177. The van der Waals surface area contributed by atoms with Gasteiger partial charge < -0.3 is 10.2 Å². The quantitative estimate of drug-likeness (QED) is 0.789. The molecule has 0 aliphatic rings. The van der Waals surface area contributed by atoms with E-state index in [9.17, 15) is 9.59 Å². The number of likely N-dealkylation sites (N-methyl/N-ethyl adjacent to an activating group) is 1. The summed E-state index contributed by atoms with van der Waals surface area (Å²) in [6, 6.07) is 13.4. The number of benzene rings is 1. The molecule has 1 aromatic carbocycles. The molecule has 0 aliphatic carbocycles. The standard InChI is InChI=1S/C19H23N3O2S/c1-15-6-8-17(9-7-15)21-18(23)13-25-14-19(24)22(2)12-10-16-5-3-4-11-20-16/h3-9,11H,10,12-14H2,1-2H3,(H,21,23). The van der Waals surface area contributed by atoms with E-state index in [0.717, 1.165) is 23.4 Å². The van der Waals surface area contributed by atoms with Gasteiger partial charge in [0.15, 0.2) is 0 Å². The van der Waals surface area contributed by atoms with Crippen LogP contribution < -0.4 is 5.32 Å². The van der Waals surface area contributed by atoms with Gasteiger partial charge in [-0.2, -0.15) is 0 Å². The van der Waals surface area contributed by atoms with Gasteiger partial charge in [-0.1, -0.05) is 23.8 Å². The third kappa shape index (κ3) is 6.97. The van der Waals surface area contributed by atoms with Crippen LogP contribution in [0.4, 0.5) is 5.69 Å². The predicted octanol–water partition coefficient (Wildman–Crippen LogP) is 2.76. The van der Waals surface area contributed by atoms with Gasteiger partial charge in [0.1, 0.15) is 0 Å². The lowest BCUT2D eigenvalue weighted by Gasteiger charge is -2.16. The molecule has 0 bridgehead atoms. The fourth-order valence-electron chi connectivity index (χ4n) is 2.13. The van der Waals surface area contributed by atoms with Crippen molar-refractivity contribution >= 4 is 29.3 Å². The van der Waals surface area contributed by atoms with Gasteiger partial charge in [0.2, 0.25) is 11.8 Å². The van der Waals surface area contributed by atoms with E-state index in [1.807, 2.05) is 49.4 Å². The van der Waals surface area contributed by atoms with Crippen LogP contribution in [-0.4, -0.2) is 46.8 Å². The summed E-state index contributed by atoms with van der Waals surface area (Å²) >= 11 is 1.32. The maximum Gasteiger partial charge on any atom is 0.234 e. The Hall–Kier alpha value is -2.34. The first-order chi connectivity index (χ1) is 12.0. The van der Waals surface area contributed by atoms with E-state index in [1.54, 1.807) is 18.1 Å². The molecular weight excluding hydrogens is 334 g/mol. The monoisotopic (exact) mass is 357 g/mol. The molecule has 2 rings (SSSR count). The highest BCUT2D eigenvalue weighted by Gasteiger charge is 2.10. The van der Waals surface area contributed by atoms with E-state index in [1.165, 1.54) is 11.8 Å². The Bertz CT molecular complexity index is 690. The molecule has 0 spiro atoms. The summed E-state index contributed by atoms with van der Waals surface area (Å²) in [4.78, 5) is 29.9. The Balaban J connectivity index is 1.65. The van der Waals surface area contributed by atoms with Crippen LogP contribution >= 0.6 is 11.8 Å². The second-order valence-corrected chi connectivity index (χ2v) is 6.78. The molecule has 1 heterocycles. The maximum atomic E-state index is 12.1. The first-order valence-corrected chi connectivity index (χ1v) is 9.28. The van der Waals surface area contributed by atoms with Crippen molar-refractivity contribution in [1.29, 1.82) is 0 Å². The Kier molecular flexibility index (Phi) is 7.47. The average Bonchev–Trinajstić information content (AvgIpc) is 2.62. The SMILES string of the molecule is Cc1ccc(NC(=O)CSCC(=O)N(C)CCc2ccccn2)cc1. The summed E-state index contributed by atoms with van der Waals surface area (Å²) in [7, 11) is 1.78. The minimum Gasteiger partial charge on any atom is -0.345 e. The number of pyridine rings is 1. The number of hydrogen-bond acceptors (Lipinski definition) is 4. The number of thioether (sulfide) groups is 1. The maximum absolute atomic E-state index is 12.1. The van der Waals surface area contributed by atoms with E-state index in [-0.39, 0.29) is 17.6 Å². The first-order valence-electron chi connectivity index (χ1n) is 8.13. The van der Waals surface area contributed by atoms with Crippen molar-refractivity contribution in [2.75, 3.05) is 30.4 Å². The Morgan fingerprint density at radius 3 is 2.56 bits per heavy atom. The van der Waals surface area contributed by atoms with Crippen LogP contribution in [0, 0.1) is 6.92 Å². The Morgan fingerprint density at radius 1 is 1.12 bits per heavy atom. The number of rotatable bonds is 8. The van der Waals surface area contributed by atoms with Crippen molar-refractivity contribution in [3.8, 4) is 0 Å². The molecule has 0 atom stereocenters. The molecule has 25 heavy (non-hydrogen) atoms. The normalized spacial score (nSPS) is 10.3. The van der Waals surface area contributed by atoms with Gasteiger partial charge in [0, 0.05) is 37.6 Å². The van der Waals surface area contributed by atoms with Crippen molar-refractivity contribution < 1.29 is 9.59 Å². The molecule has 0 fully saturated rings. The number of carbonyl (C=O) groups excluding carboxylic acids is 2. The van der Waals surface area contributed by atoms with Gasteiger partial charge in [-0.15, -0.1) is 11.8 Å². The zero-order chi connectivity index (χ0) is 18.1. The lowest BCUT2D eigenvalue weighted by molar-refractivity contribution is -0.127. The van der Waals surface area contributed by atoms with Crippen molar-refractivity contribution in [1.82, 2.24) is 9.88 Å².